The second kappa shape index (κ2) is 7.84. The lowest BCUT2D eigenvalue weighted by Gasteiger charge is -2.13. The molecule has 1 fully saturated rings. The van der Waals surface area contributed by atoms with E-state index < -0.39 is 16.4 Å². The number of hydrogen-bond donors (Lipinski definition) is 4. The molecule has 2 heterocycles. The molecule has 1 saturated carbocycles. The molecule has 29 heavy (non-hydrogen) atoms. The van der Waals surface area contributed by atoms with Gasteiger partial charge in [-0.25, -0.2) is 20.1 Å². The maximum Gasteiger partial charge on any atom is 0.333 e. The standard InChI is InChI=1S/C17H19ClN6O4S/c18-11-3-1-9(2-4-11)15-23-14-16(20-8-21-17(14)24-15)22-12-5-10(13(25)6-12)7-28-29(19,26)27/h1-4,8,10,12-13,25H,5-7H2,(H2,19,26,27)(H2,20,21,22,23,24)/t10-,12+,13-/m0/s1. The fraction of sp³-hybridized carbons (Fsp3) is 0.353. The summed E-state index contributed by atoms with van der Waals surface area (Å²) in [4.78, 5) is 16.2. The Balaban J connectivity index is 1.52. The maximum absolute atomic E-state index is 11.0. The summed E-state index contributed by atoms with van der Waals surface area (Å²) < 4.78 is 26.6. The van der Waals surface area contributed by atoms with E-state index in [4.69, 9.17) is 16.7 Å². The molecule has 1 aliphatic carbocycles. The van der Waals surface area contributed by atoms with Crippen LogP contribution in [0.4, 0.5) is 5.82 Å². The fourth-order valence-electron chi connectivity index (χ4n) is 3.46. The van der Waals surface area contributed by atoms with Crippen LogP contribution >= 0.6 is 11.6 Å². The molecule has 0 radical (unpaired) electrons. The Labute approximate surface area is 171 Å². The molecule has 5 N–H and O–H groups in total. The largest absolute Gasteiger partial charge is 0.393 e. The Hall–Kier alpha value is -2.31. The Bertz CT molecular complexity index is 1120. The van der Waals surface area contributed by atoms with Gasteiger partial charge in [0.05, 0.1) is 12.7 Å². The molecule has 0 aliphatic heterocycles. The smallest absolute Gasteiger partial charge is 0.333 e. The Kier molecular flexibility index (Phi) is 5.40. The van der Waals surface area contributed by atoms with Crippen LogP contribution in [0, 0.1) is 5.92 Å². The summed E-state index contributed by atoms with van der Waals surface area (Å²) in [5, 5.41) is 19.0. The van der Waals surface area contributed by atoms with Crippen molar-refractivity contribution >= 4 is 38.9 Å². The highest BCUT2D eigenvalue weighted by Crippen LogP contribution is 2.31. The lowest BCUT2D eigenvalue weighted by Crippen LogP contribution is -2.24. The van der Waals surface area contributed by atoms with E-state index in [0.29, 0.717) is 40.7 Å². The topological polar surface area (TPSA) is 156 Å². The number of benzene rings is 1. The van der Waals surface area contributed by atoms with E-state index in [-0.39, 0.29) is 18.6 Å². The van der Waals surface area contributed by atoms with Crippen LogP contribution in [-0.2, 0) is 14.5 Å². The number of H-pyrrole nitrogens is 1. The number of aliphatic hydroxyl groups is 1. The van der Waals surface area contributed by atoms with Crippen LogP contribution in [0.5, 0.6) is 0 Å². The van der Waals surface area contributed by atoms with E-state index in [9.17, 15) is 13.5 Å². The van der Waals surface area contributed by atoms with E-state index >= 15 is 0 Å². The van der Waals surface area contributed by atoms with Gasteiger partial charge in [0.1, 0.15) is 17.7 Å². The normalized spacial score (nSPS) is 22.2. The molecule has 0 saturated heterocycles. The number of nitrogens with two attached hydrogens (primary N) is 1. The third kappa shape index (κ3) is 4.65. The number of halogens is 1. The molecule has 12 heteroatoms. The summed E-state index contributed by atoms with van der Waals surface area (Å²) in [6.07, 6.45) is 1.62. The van der Waals surface area contributed by atoms with Crippen LogP contribution in [0.1, 0.15) is 12.8 Å². The zero-order chi connectivity index (χ0) is 20.6. The molecule has 4 rings (SSSR count). The summed E-state index contributed by atoms with van der Waals surface area (Å²) in [6.45, 7) is -0.165. The Morgan fingerprint density at radius 1 is 1.28 bits per heavy atom. The number of nitrogens with zero attached hydrogens (tertiary/aromatic N) is 3. The molecule has 3 aromatic rings. The van der Waals surface area contributed by atoms with Crippen molar-refractivity contribution in [3.05, 3.63) is 35.6 Å². The number of rotatable bonds is 6. The Morgan fingerprint density at radius 2 is 2.03 bits per heavy atom. The van der Waals surface area contributed by atoms with Crippen molar-refractivity contribution in [3.8, 4) is 11.4 Å². The van der Waals surface area contributed by atoms with Gasteiger partial charge in [0.25, 0.3) is 0 Å². The zero-order valence-electron chi connectivity index (χ0n) is 15.1. The predicted octanol–water partition coefficient (Wildman–Crippen LogP) is 1.44. The summed E-state index contributed by atoms with van der Waals surface area (Å²) in [5.41, 5.74) is 1.99. The van der Waals surface area contributed by atoms with Crippen molar-refractivity contribution in [1.82, 2.24) is 19.9 Å². The predicted molar refractivity (Wildman–Crippen MR) is 107 cm³/mol. The van der Waals surface area contributed by atoms with Crippen LogP contribution in [0.25, 0.3) is 22.6 Å². The van der Waals surface area contributed by atoms with Gasteiger partial charge < -0.3 is 15.4 Å². The molecule has 0 spiro atoms. The highest BCUT2D eigenvalue weighted by molar-refractivity contribution is 7.84. The first-order valence-corrected chi connectivity index (χ1v) is 10.7. The minimum atomic E-state index is -4.04. The highest BCUT2D eigenvalue weighted by Gasteiger charge is 2.34. The quantitative estimate of drug-likeness (QED) is 0.450. The molecule has 3 atom stereocenters. The van der Waals surface area contributed by atoms with Gasteiger partial charge in [-0.1, -0.05) is 11.6 Å². The van der Waals surface area contributed by atoms with Gasteiger partial charge in [-0.2, -0.15) is 8.42 Å². The molecule has 154 valence electrons. The first-order valence-electron chi connectivity index (χ1n) is 8.87. The Morgan fingerprint density at radius 3 is 2.76 bits per heavy atom. The zero-order valence-corrected chi connectivity index (χ0v) is 16.7. The monoisotopic (exact) mass is 438 g/mol. The number of nitrogens with one attached hydrogen (secondary N) is 2. The van der Waals surface area contributed by atoms with Crippen LogP contribution in [0.15, 0.2) is 30.6 Å². The second-order valence-corrected chi connectivity index (χ2v) is 8.59. The van der Waals surface area contributed by atoms with E-state index in [1.54, 1.807) is 12.1 Å². The molecule has 10 nitrogen and oxygen atoms in total. The first kappa shape index (κ1) is 20.0. The van der Waals surface area contributed by atoms with Crippen molar-refractivity contribution in [2.24, 2.45) is 11.1 Å². The van der Waals surface area contributed by atoms with Gasteiger partial charge >= 0.3 is 10.3 Å². The number of anilines is 1. The fourth-order valence-corrected chi connectivity index (χ4v) is 3.95. The molecule has 1 aliphatic rings. The molecular weight excluding hydrogens is 420 g/mol. The highest BCUT2D eigenvalue weighted by atomic mass is 35.5. The number of fused-ring (bicyclic) bond motifs is 1. The maximum atomic E-state index is 11.0. The number of imidazole rings is 1. The van der Waals surface area contributed by atoms with Crippen LogP contribution in [0.2, 0.25) is 5.02 Å². The lowest BCUT2D eigenvalue weighted by atomic mass is 10.1. The summed E-state index contributed by atoms with van der Waals surface area (Å²) in [6, 6.07) is 7.13. The second-order valence-electron chi connectivity index (χ2n) is 6.93. The van der Waals surface area contributed by atoms with Crippen molar-refractivity contribution < 1.29 is 17.7 Å². The van der Waals surface area contributed by atoms with E-state index in [2.05, 4.69) is 29.4 Å². The minimum Gasteiger partial charge on any atom is -0.393 e. The first-order chi connectivity index (χ1) is 13.8. The minimum absolute atomic E-state index is 0.125. The van der Waals surface area contributed by atoms with Crippen molar-refractivity contribution in [2.45, 2.75) is 25.0 Å². The van der Waals surface area contributed by atoms with Crippen LogP contribution in [0.3, 0.4) is 0 Å². The van der Waals surface area contributed by atoms with Gasteiger partial charge in [-0.15, -0.1) is 0 Å². The molecule has 2 aromatic heterocycles. The summed E-state index contributed by atoms with van der Waals surface area (Å²) >= 11 is 5.94. The number of hydrogen-bond acceptors (Lipinski definition) is 8. The number of aromatic nitrogens is 4. The molecule has 0 amide bonds. The lowest BCUT2D eigenvalue weighted by molar-refractivity contribution is 0.101. The molecule has 1 aromatic carbocycles. The third-order valence-corrected chi connectivity index (χ3v) is 5.57. The number of aliphatic hydroxyl groups excluding tert-OH is 1. The van der Waals surface area contributed by atoms with Gasteiger partial charge in [0, 0.05) is 22.5 Å². The van der Waals surface area contributed by atoms with Crippen molar-refractivity contribution in [2.75, 3.05) is 11.9 Å². The van der Waals surface area contributed by atoms with Crippen LogP contribution < -0.4 is 10.5 Å². The average molecular weight is 439 g/mol. The van der Waals surface area contributed by atoms with Gasteiger partial charge in [-0.3, -0.25) is 4.18 Å². The van der Waals surface area contributed by atoms with Crippen molar-refractivity contribution in [1.29, 1.82) is 0 Å². The van der Waals surface area contributed by atoms with Gasteiger partial charge in [0.15, 0.2) is 11.5 Å². The van der Waals surface area contributed by atoms with E-state index in [0.717, 1.165) is 5.56 Å². The third-order valence-electron chi connectivity index (χ3n) is 4.85. The molecule has 0 bridgehead atoms. The summed E-state index contributed by atoms with van der Waals surface area (Å²) in [7, 11) is -4.04. The molecule has 0 unspecified atom stereocenters. The van der Waals surface area contributed by atoms with Gasteiger partial charge in [-0.05, 0) is 37.1 Å². The van der Waals surface area contributed by atoms with Gasteiger partial charge in [0.2, 0.25) is 0 Å². The van der Waals surface area contributed by atoms with Crippen molar-refractivity contribution in [3.63, 3.8) is 0 Å². The average Bonchev–Trinajstić information content (AvgIpc) is 3.24. The van der Waals surface area contributed by atoms with Crippen LogP contribution in [-0.4, -0.2) is 52.2 Å². The van der Waals surface area contributed by atoms with E-state index in [1.165, 1.54) is 6.33 Å². The number of aromatic amines is 1. The molecular formula is C17H19ClN6O4S. The summed E-state index contributed by atoms with van der Waals surface area (Å²) in [5.74, 6) is 0.827. The van der Waals surface area contributed by atoms with E-state index in [1.807, 2.05) is 12.1 Å². The SMILES string of the molecule is NS(=O)(=O)OC[C@@H]1C[C@@H](Nc2ncnc3nc(-c4ccc(Cl)cc4)[nH]c23)C[C@@H]1O.